The fourth-order valence-corrected chi connectivity index (χ4v) is 0.459. The second-order valence-electron chi connectivity index (χ2n) is 0.827. The molecule has 0 amide bonds. The Balaban J connectivity index is 2.60. The van der Waals surface area contributed by atoms with Crippen molar-refractivity contribution in [3.63, 3.8) is 0 Å². The first-order valence-corrected chi connectivity index (χ1v) is 2.89. The Morgan fingerprint density at radius 2 is 2.25 bits per heavy atom. The molecule has 1 aliphatic heterocycles. The topological polar surface area (TPSA) is 0 Å². The number of hydrogen-bond donors (Lipinski definition) is 0. The number of hydrogen-bond acceptors (Lipinski definition) is 1. The number of thioether (sulfide) groups is 1. The van der Waals surface area contributed by atoms with Gasteiger partial charge >= 0.3 is 0 Å². The summed E-state index contributed by atoms with van der Waals surface area (Å²) in [6, 6.07) is 0. The molecule has 0 aliphatic carbocycles. The Hall–Kier alpha value is 0.437. The van der Waals surface area contributed by atoms with E-state index in [1.54, 1.807) is 4.50 Å². The van der Waals surface area contributed by atoms with Crippen LogP contribution in [0.15, 0.2) is 0 Å². The molecule has 2 heteroatoms. The van der Waals surface area contributed by atoms with Crippen molar-refractivity contribution in [2.24, 2.45) is 0 Å². The van der Waals surface area contributed by atoms with Crippen molar-refractivity contribution in [2.45, 2.75) is 0 Å². The maximum Gasteiger partial charge on any atom is 0.0233 e. The first-order valence-electron chi connectivity index (χ1n) is 1.20. The zero-order chi connectivity index (χ0) is 2.99. The van der Waals surface area contributed by atoms with E-state index in [2.05, 4.69) is 0 Å². The predicted molar refractivity (Wildman–Crippen MR) is 26.0 cm³/mol. The molecular formula is C2H4SSi. The van der Waals surface area contributed by atoms with Crippen LogP contribution in [0.5, 0.6) is 0 Å². The second kappa shape index (κ2) is 0.690. The molecule has 0 saturated carbocycles. The highest BCUT2D eigenvalue weighted by atomic mass is 32.2. The average molecular weight is 88.2 g/mol. The minimum Gasteiger partial charge on any atom is -0.131 e. The lowest BCUT2D eigenvalue weighted by molar-refractivity contribution is 2.29. The Labute approximate surface area is 32.6 Å². The Morgan fingerprint density at radius 1 is 2.00 bits per heavy atom. The summed E-state index contributed by atoms with van der Waals surface area (Å²) in [7, 11) is 1.99. The molecule has 1 rings (SSSR count). The third kappa shape index (κ3) is 0.426. The summed E-state index contributed by atoms with van der Waals surface area (Å²) in [5.74, 6) is 1.33. The van der Waals surface area contributed by atoms with Gasteiger partial charge in [-0.25, -0.2) is 0 Å². The van der Waals surface area contributed by atoms with Gasteiger partial charge in [-0.05, 0) is 14.4 Å². The molecule has 1 fully saturated rings. The monoisotopic (exact) mass is 88.0 g/mol. The Bertz CT molecular complexity index is 44.0. The van der Waals surface area contributed by atoms with Gasteiger partial charge in [-0.2, -0.15) is 0 Å². The van der Waals surface area contributed by atoms with Gasteiger partial charge in [0.15, 0.2) is 0 Å². The van der Waals surface area contributed by atoms with Crippen molar-refractivity contribution in [3.8, 4) is 0 Å². The normalized spacial score (nSPS) is 21.5. The SMILES string of the molecule is [SiH2]=C1CS1. The van der Waals surface area contributed by atoms with E-state index >= 15 is 0 Å². The van der Waals surface area contributed by atoms with E-state index < -0.39 is 0 Å². The minimum atomic E-state index is 1.33. The molecule has 1 aliphatic rings. The average Bonchev–Trinajstić information content (AvgIpc) is 1.75. The molecule has 1 heterocycles. The van der Waals surface area contributed by atoms with E-state index in [0.717, 1.165) is 0 Å². The lowest BCUT2D eigenvalue weighted by Gasteiger charge is -1.31. The predicted octanol–water partition coefficient (Wildman–Crippen LogP) is -0.504. The quantitative estimate of drug-likeness (QED) is 0.284. The van der Waals surface area contributed by atoms with Gasteiger partial charge in [0, 0.05) is 5.75 Å². The van der Waals surface area contributed by atoms with Crippen LogP contribution in [0.4, 0.5) is 0 Å². The van der Waals surface area contributed by atoms with E-state index in [9.17, 15) is 0 Å². The molecule has 0 bridgehead atoms. The third-order valence-corrected chi connectivity index (χ3v) is 2.27. The van der Waals surface area contributed by atoms with E-state index in [0.29, 0.717) is 0 Å². The van der Waals surface area contributed by atoms with Crippen molar-refractivity contribution in [1.29, 1.82) is 0 Å². The van der Waals surface area contributed by atoms with Gasteiger partial charge in [-0.1, -0.05) is 0 Å². The van der Waals surface area contributed by atoms with Gasteiger partial charge in [0.05, 0.1) is 0 Å². The largest absolute Gasteiger partial charge is 0.131 e. The molecule has 4 heavy (non-hydrogen) atoms. The highest BCUT2D eigenvalue weighted by molar-refractivity contribution is 8.26. The van der Waals surface area contributed by atoms with Crippen LogP contribution in [-0.2, 0) is 0 Å². The standard InChI is InChI=1S/C2H4SSi/c4-2-1-3-2/h1,4H2. The van der Waals surface area contributed by atoms with Crippen LogP contribution in [-0.4, -0.2) is 20.1 Å². The minimum absolute atomic E-state index is 1.33. The fraction of sp³-hybridized carbons (Fsp3) is 0.500. The molecule has 0 spiro atoms. The van der Waals surface area contributed by atoms with Crippen molar-refractivity contribution < 1.29 is 0 Å². The van der Waals surface area contributed by atoms with Gasteiger partial charge < -0.3 is 0 Å². The molecule has 22 valence electrons. The van der Waals surface area contributed by atoms with Crippen LogP contribution >= 0.6 is 11.8 Å². The second-order valence-corrected chi connectivity index (χ2v) is 3.35. The molecule has 0 N–H and O–H groups in total. The Kier molecular flexibility index (Phi) is 0.460. The summed E-state index contributed by atoms with van der Waals surface area (Å²) in [6.07, 6.45) is 0. The summed E-state index contributed by atoms with van der Waals surface area (Å²) >= 11 is 1.95. The van der Waals surface area contributed by atoms with Crippen LogP contribution in [0.2, 0.25) is 0 Å². The van der Waals surface area contributed by atoms with Gasteiger partial charge in [-0.15, -0.1) is 11.8 Å². The zero-order valence-electron chi connectivity index (χ0n) is 2.32. The van der Waals surface area contributed by atoms with Crippen molar-refractivity contribution in [2.75, 3.05) is 5.75 Å². The van der Waals surface area contributed by atoms with E-state index in [-0.39, 0.29) is 0 Å². The molecule has 0 aromatic rings. The molecule has 0 aromatic carbocycles. The summed E-state index contributed by atoms with van der Waals surface area (Å²) in [4.78, 5) is 0. The van der Waals surface area contributed by atoms with E-state index in [4.69, 9.17) is 0 Å². The zero-order valence-corrected chi connectivity index (χ0v) is 4.55. The maximum absolute atomic E-state index is 1.99. The first-order chi connectivity index (χ1) is 1.89. The molecular weight excluding hydrogens is 84.2 g/mol. The molecule has 0 atom stereocenters. The van der Waals surface area contributed by atoms with Gasteiger partial charge in [-0.3, -0.25) is 0 Å². The first kappa shape index (κ1) is 2.66. The van der Waals surface area contributed by atoms with E-state index in [1.165, 1.54) is 5.75 Å². The molecule has 0 aromatic heterocycles. The lowest BCUT2D eigenvalue weighted by atomic mass is 11.0. The summed E-state index contributed by atoms with van der Waals surface area (Å²) in [5.41, 5.74) is 0. The summed E-state index contributed by atoms with van der Waals surface area (Å²) in [6.45, 7) is 0. The van der Waals surface area contributed by atoms with Crippen molar-refractivity contribution in [3.05, 3.63) is 0 Å². The van der Waals surface area contributed by atoms with Crippen LogP contribution in [0.3, 0.4) is 0 Å². The lowest BCUT2D eigenvalue weighted by Crippen LogP contribution is -1.52. The van der Waals surface area contributed by atoms with Crippen LogP contribution in [0.25, 0.3) is 0 Å². The van der Waals surface area contributed by atoms with Crippen molar-refractivity contribution >= 4 is 26.1 Å². The van der Waals surface area contributed by atoms with Gasteiger partial charge in [0.1, 0.15) is 0 Å². The maximum atomic E-state index is 1.99. The molecule has 1 saturated heterocycles. The fourth-order valence-electron chi connectivity index (χ4n) is 0.0510. The van der Waals surface area contributed by atoms with Crippen LogP contribution < -0.4 is 0 Å². The summed E-state index contributed by atoms with van der Waals surface area (Å²) in [5, 5.41) is 0. The van der Waals surface area contributed by atoms with Crippen LogP contribution in [0.1, 0.15) is 0 Å². The number of rotatable bonds is 0. The smallest absolute Gasteiger partial charge is 0.0233 e. The third-order valence-electron chi connectivity index (χ3n) is 0.348. The summed E-state index contributed by atoms with van der Waals surface area (Å²) < 4.78 is 1.61. The Morgan fingerprint density at radius 3 is 2.25 bits per heavy atom. The van der Waals surface area contributed by atoms with E-state index in [1.807, 2.05) is 21.6 Å². The van der Waals surface area contributed by atoms with Gasteiger partial charge in [0.25, 0.3) is 0 Å². The highest BCUT2D eigenvalue weighted by Gasteiger charge is 2.04. The van der Waals surface area contributed by atoms with Gasteiger partial charge in [0.2, 0.25) is 0 Å². The molecule has 0 radical (unpaired) electrons. The van der Waals surface area contributed by atoms with Crippen molar-refractivity contribution in [1.82, 2.24) is 0 Å². The molecule has 0 unspecified atom stereocenters. The highest BCUT2D eigenvalue weighted by Crippen LogP contribution is 2.17. The molecule has 0 nitrogen and oxygen atoms in total. The van der Waals surface area contributed by atoms with Crippen LogP contribution in [0, 0.1) is 0 Å².